The number of aryl methyl sites for hydroxylation is 1. The zero-order chi connectivity index (χ0) is 15.1. The minimum atomic E-state index is -0.360. The molecule has 0 unspecified atom stereocenters. The van der Waals surface area contributed by atoms with Crippen molar-refractivity contribution in [2.24, 2.45) is 0 Å². The average molecular weight is 288 g/mol. The van der Waals surface area contributed by atoms with Crippen molar-refractivity contribution in [2.75, 3.05) is 6.61 Å². The van der Waals surface area contributed by atoms with Gasteiger partial charge in [0, 0.05) is 18.7 Å². The van der Waals surface area contributed by atoms with E-state index in [1.54, 1.807) is 24.3 Å². The third kappa shape index (κ3) is 4.45. The number of H-pyrrole nitrogens is 1. The minimum Gasteiger partial charge on any atom is -0.462 e. The van der Waals surface area contributed by atoms with Crippen LogP contribution in [0.1, 0.15) is 23.2 Å². The van der Waals surface area contributed by atoms with E-state index in [4.69, 9.17) is 4.74 Å². The lowest BCUT2D eigenvalue weighted by atomic mass is 10.2. The number of benzene rings is 1. The van der Waals surface area contributed by atoms with E-state index in [2.05, 4.69) is 5.10 Å². The highest BCUT2D eigenvalue weighted by Crippen LogP contribution is 2.02. The zero-order valence-corrected chi connectivity index (χ0v) is 11.5. The summed E-state index contributed by atoms with van der Waals surface area (Å²) >= 11 is 0. The molecule has 0 fully saturated rings. The van der Waals surface area contributed by atoms with Gasteiger partial charge in [-0.2, -0.15) is 0 Å². The van der Waals surface area contributed by atoms with Gasteiger partial charge in [0.25, 0.3) is 11.1 Å². The summed E-state index contributed by atoms with van der Waals surface area (Å²) in [6, 6.07) is 11.2. The van der Waals surface area contributed by atoms with Crippen LogP contribution in [-0.4, -0.2) is 22.4 Å². The molecule has 0 radical (unpaired) electrons. The van der Waals surface area contributed by atoms with Crippen LogP contribution >= 0.6 is 0 Å². The van der Waals surface area contributed by atoms with Crippen molar-refractivity contribution in [3.8, 4) is 0 Å². The van der Waals surface area contributed by atoms with Crippen molar-refractivity contribution in [1.29, 1.82) is 0 Å². The minimum absolute atomic E-state index is 0.254. The number of ether oxygens (including phenoxy) is 1. The second-order valence-corrected chi connectivity index (χ2v) is 4.51. The first-order valence-corrected chi connectivity index (χ1v) is 6.69. The van der Waals surface area contributed by atoms with Gasteiger partial charge >= 0.3 is 5.97 Å². The number of rotatable bonds is 6. The Morgan fingerprint density at radius 1 is 1.05 bits per heavy atom. The molecule has 0 aliphatic carbocycles. The first kappa shape index (κ1) is 14.8. The fraction of sp³-hybridized carbons (Fsp3) is 0.267. The number of esters is 1. The number of hydrogen-bond donors (Lipinski definition) is 1. The van der Waals surface area contributed by atoms with Gasteiger partial charge in [-0.3, -0.25) is 19.4 Å². The van der Waals surface area contributed by atoms with Gasteiger partial charge in [-0.05, 0) is 25.0 Å². The smallest absolute Gasteiger partial charge is 0.338 e. The van der Waals surface area contributed by atoms with Crippen LogP contribution in [0, 0.1) is 0 Å². The molecule has 110 valence electrons. The van der Waals surface area contributed by atoms with Crippen LogP contribution in [0.3, 0.4) is 0 Å². The maximum atomic E-state index is 11.7. The van der Waals surface area contributed by atoms with Crippen molar-refractivity contribution in [3.05, 3.63) is 68.7 Å². The van der Waals surface area contributed by atoms with Gasteiger partial charge in [0.15, 0.2) is 0 Å². The van der Waals surface area contributed by atoms with Crippen LogP contribution in [0.5, 0.6) is 0 Å². The van der Waals surface area contributed by atoms with Crippen molar-refractivity contribution >= 4 is 5.97 Å². The van der Waals surface area contributed by atoms with Crippen LogP contribution in [0.15, 0.2) is 52.1 Å². The van der Waals surface area contributed by atoms with Gasteiger partial charge in [0.2, 0.25) is 0 Å². The molecule has 1 aromatic carbocycles. The molecule has 0 spiro atoms. The van der Waals surface area contributed by atoms with Gasteiger partial charge in [-0.25, -0.2) is 4.79 Å². The van der Waals surface area contributed by atoms with Gasteiger partial charge in [-0.15, -0.1) is 0 Å². The van der Waals surface area contributed by atoms with Crippen LogP contribution in [-0.2, 0) is 11.3 Å². The van der Waals surface area contributed by atoms with Gasteiger partial charge in [0.05, 0.1) is 12.2 Å². The molecule has 2 rings (SSSR count). The molecule has 2 aromatic rings. The van der Waals surface area contributed by atoms with E-state index in [9.17, 15) is 14.4 Å². The standard InChI is InChI=1S/C15H16N2O4/c18-13-8-9-14(19)17(16-13)10-4-5-11-21-15(20)12-6-2-1-3-7-12/h1-3,6-9H,4-5,10-11H2,(H,16,18). The Balaban J connectivity index is 1.73. The molecule has 0 atom stereocenters. The SMILES string of the molecule is O=C(OCCCCn1[nH]c(=O)ccc1=O)c1ccccc1. The Labute approximate surface area is 121 Å². The number of aromatic nitrogens is 2. The molecule has 1 N–H and O–H groups in total. The summed E-state index contributed by atoms with van der Waals surface area (Å²) in [6.07, 6.45) is 1.24. The largest absolute Gasteiger partial charge is 0.462 e. The number of unbranched alkanes of at least 4 members (excludes halogenated alkanes) is 1. The summed E-state index contributed by atoms with van der Waals surface area (Å²) in [4.78, 5) is 34.2. The Morgan fingerprint density at radius 2 is 1.81 bits per heavy atom. The molecular weight excluding hydrogens is 272 g/mol. The summed E-state index contributed by atoms with van der Waals surface area (Å²) in [6.45, 7) is 0.664. The molecule has 0 aliphatic heterocycles. The summed E-state index contributed by atoms with van der Waals surface area (Å²) < 4.78 is 6.37. The summed E-state index contributed by atoms with van der Waals surface area (Å²) in [5.74, 6) is -0.360. The molecule has 0 saturated heterocycles. The number of nitrogens with zero attached hydrogens (tertiary/aromatic N) is 1. The average Bonchev–Trinajstić information content (AvgIpc) is 2.51. The normalized spacial score (nSPS) is 10.3. The Bertz CT molecular complexity index is 703. The van der Waals surface area contributed by atoms with E-state index < -0.39 is 0 Å². The molecule has 6 nitrogen and oxygen atoms in total. The topological polar surface area (TPSA) is 81.2 Å². The summed E-state index contributed by atoms with van der Waals surface area (Å²) in [5.41, 5.74) is -0.0536. The molecule has 0 amide bonds. The lowest BCUT2D eigenvalue weighted by Gasteiger charge is -2.06. The molecule has 0 saturated carbocycles. The van der Waals surface area contributed by atoms with E-state index in [0.29, 0.717) is 24.9 Å². The number of hydrogen-bond acceptors (Lipinski definition) is 4. The van der Waals surface area contributed by atoms with Crippen LogP contribution in [0.2, 0.25) is 0 Å². The lowest BCUT2D eigenvalue weighted by Crippen LogP contribution is -2.28. The predicted octanol–water partition coefficient (Wildman–Crippen LogP) is 1.17. The maximum Gasteiger partial charge on any atom is 0.338 e. The number of carbonyl (C=O) groups is 1. The number of aromatic amines is 1. The first-order valence-electron chi connectivity index (χ1n) is 6.69. The highest BCUT2D eigenvalue weighted by molar-refractivity contribution is 5.89. The van der Waals surface area contributed by atoms with Gasteiger partial charge < -0.3 is 4.74 Å². The third-order valence-electron chi connectivity index (χ3n) is 2.91. The van der Waals surface area contributed by atoms with E-state index >= 15 is 0 Å². The van der Waals surface area contributed by atoms with E-state index in [1.165, 1.54) is 16.8 Å². The van der Waals surface area contributed by atoms with E-state index in [-0.39, 0.29) is 23.7 Å². The number of nitrogens with one attached hydrogen (secondary N) is 1. The quantitative estimate of drug-likeness (QED) is 0.639. The second kappa shape index (κ2) is 7.23. The fourth-order valence-electron chi connectivity index (χ4n) is 1.82. The molecule has 1 heterocycles. The van der Waals surface area contributed by atoms with Gasteiger partial charge in [-0.1, -0.05) is 18.2 Å². The van der Waals surface area contributed by atoms with Crippen LogP contribution in [0.4, 0.5) is 0 Å². The number of carbonyl (C=O) groups excluding carboxylic acids is 1. The van der Waals surface area contributed by atoms with Crippen molar-refractivity contribution < 1.29 is 9.53 Å². The van der Waals surface area contributed by atoms with E-state index in [0.717, 1.165) is 0 Å². The van der Waals surface area contributed by atoms with E-state index in [1.807, 2.05) is 6.07 Å². The maximum absolute atomic E-state index is 11.7. The third-order valence-corrected chi connectivity index (χ3v) is 2.91. The zero-order valence-electron chi connectivity index (χ0n) is 11.5. The molecular formula is C15H16N2O4. The monoisotopic (exact) mass is 288 g/mol. The molecule has 21 heavy (non-hydrogen) atoms. The van der Waals surface area contributed by atoms with Crippen molar-refractivity contribution in [1.82, 2.24) is 9.78 Å². The highest BCUT2D eigenvalue weighted by atomic mass is 16.5. The van der Waals surface area contributed by atoms with Crippen molar-refractivity contribution in [2.45, 2.75) is 19.4 Å². The Kier molecular flexibility index (Phi) is 5.09. The summed E-state index contributed by atoms with van der Waals surface area (Å²) in [5, 5.41) is 2.44. The fourth-order valence-corrected chi connectivity index (χ4v) is 1.82. The lowest BCUT2D eigenvalue weighted by molar-refractivity contribution is 0.0497. The molecule has 1 aromatic heterocycles. The van der Waals surface area contributed by atoms with Crippen LogP contribution in [0.25, 0.3) is 0 Å². The Hall–Kier alpha value is -2.63. The Morgan fingerprint density at radius 3 is 2.57 bits per heavy atom. The first-order chi connectivity index (χ1) is 10.2. The van der Waals surface area contributed by atoms with Gasteiger partial charge in [0.1, 0.15) is 0 Å². The summed E-state index contributed by atoms with van der Waals surface area (Å²) in [7, 11) is 0. The van der Waals surface area contributed by atoms with Crippen molar-refractivity contribution in [3.63, 3.8) is 0 Å². The molecule has 0 bridgehead atoms. The van der Waals surface area contributed by atoms with Crippen LogP contribution < -0.4 is 11.1 Å². The molecule has 0 aliphatic rings. The highest BCUT2D eigenvalue weighted by Gasteiger charge is 2.05. The predicted molar refractivity (Wildman–Crippen MR) is 77.3 cm³/mol. The molecule has 6 heteroatoms. The second-order valence-electron chi connectivity index (χ2n) is 4.51.